The zero-order valence-corrected chi connectivity index (χ0v) is 12.7. The van der Waals surface area contributed by atoms with Gasteiger partial charge in [0.05, 0.1) is 35.8 Å². The Morgan fingerprint density at radius 1 is 1.43 bits per heavy atom. The van der Waals surface area contributed by atoms with Crippen LogP contribution in [0.3, 0.4) is 0 Å². The summed E-state index contributed by atoms with van der Waals surface area (Å²) in [6.45, 7) is 0. The Morgan fingerprint density at radius 3 is 2.76 bits per heavy atom. The Kier molecular flexibility index (Phi) is 4.76. The highest BCUT2D eigenvalue weighted by Gasteiger charge is 2.23. The average molecular weight is 329 g/mol. The van der Waals surface area contributed by atoms with Crippen molar-refractivity contribution in [2.45, 2.75) is 4.90 Å². The Hall–Kier alpha value is -1.70. The van der Waals surface area contributed by atoms with Gasteiger partial charge in [-0.1, -0.05) is 11.6 Å². The van der Waals surface area contributed by atoms with Crippen molar-refractivity contribution in [2.24, 2.45) is 0 Å². The number of aromatic nitrogens is 2. The van der Waals surface area contributed by atoms with Crippen molar-refractivity contribution >= 4 is 28.7 Å². The van der Waals surface area contributed by atoms with Crippen LogP contribution >= 0.6 is 11.6 Å². The normalized spacial score (nSPS) is 12.0. The number of hydrogen-bond donors (Lipinski definition) is 0. The molecule has 0 amide bonds. The van der Waals surface area contributed by atoms with Gasteiger partial charge in [-0.25, -0.2) is 14.2 Å². The van der Waals surface area contributed by atoms with Gasteiger partial charge in [0.1, 0.15) is 6.26 Å². The van der Waals surface area contributed by atoms with E-state index >= 15 is 0 Å². The van der Waals surface area contributed by atoms with E-state index in [2.05, 4.69) is 14.7 Å². The summed E-state index contributed by atoms with van der Waals surface area (Å²) in [5.74, 6) is -1.47. The van der Waals surface area contributed by atoms with Crippen LogP contribution in [-0.4, -0.2) is 33.9 Å². The van der Waals surface area contributed by atoms with Crippen LogP contribution < -0.4 is 0 Å². The molecule has 0 aliphatic heterocycles. The van der Waals surface area contributed by atoms with Gasteiger partial charge < -0.3 is 9.29 Å². The Morgan fingerprint density at radius 2 is 2.14 bits per heavy atom. The topological polar surface area (TPSA) is 75.1 Å². The zero-order chi connectivity index (χ0) is 15.6. The first kappa shape index (κ1) is 15.7. The minimum absolute atomic E-state index is 0.0402. The van der Waals surface area contributed by atoms with Gasteiger partial charge in [0.15, 0.2) is 16.4 Å². The van der Waals surface area contributed by atoms with Crippen molar-refractivity contribution < 1.29 is 18.5 Å². The summed E-state index contributed by atoms with van der Waals surface area (Å²) in [6, 6.07) is 2.76. The molecule has 1 unspecified atom stereocenters. The number of ether oxygens (including phenoxy) is 1. The second-order valence-corrected chi connectivity index (χ2v) is 5.73. The quantitative estimate of drug-likeness (QED) is 0.639. The largest absolute Gasteiger partial charge is 0.612 e. The molecule has 0 saturated carbocycles. The molecule has 8 heteroatoms. The summed E-state index contributed by atoms with van der Waals surface area (Å²) < 4.78 is 30.5. The third kappa shape index (κ3) is 3.15. The molecule has 21 heavy (non-hydrogen) atoms. The van der Waals surface area contributed by atoms with Gasteiger partial charge in [0.2, 0.25) is 0 Å². The molecule has 0 fully saturated rings. The number of nitrogens with zero attached hydrogens (tertiary/aromatic N) is 2. The molecule has 1 heterocycles. The monoisotopic (exact) mass is 328 g/mol. The molecule has 2 rings (SSSR count). The van der Waals surface area contributed by atoms with Crippen LogP contribution in [0, 0.1) is 5.82 Å². The van der Waals surface area contributed by atoms with E-state index in [9.17, 15) is 13.7 Å². The highest BCUT2D eigenvalue weighted by atomic mass is 35.5. The fourth-order valence-electron chi connectivity index (χ4n) is 1.70. The van der Waals surface area contributed by atoms with Crippen molar-refractivity contribution in [3.63, 3.8) is 0 Å². The number of esters is 1. The molecule has 110 valence electrons. The molecule has 2 aromatic rings. The third-order valence-corrected chi connectivity index (χ3v) is 3.90. The molecule has 0 radical (unpaired) electrons. The summed E-state index contributed by atoms with van der Waals surface area (Å²) in [6.07, 6.45) is 3.86. The number of rotatable bonds is 3. The maximum atomic E-state index is 14.3. The fraction of sp³-hybridized carbons (Fsp3) is 0.154. The Labute approximate surface area is 128 Å². The van der Waals surface area contributed by atoms with Crippen molar-refractivity contribution in [1.82, 2.24) is 9.97 Å². The molecule has 0 bridgehead atoms. The van der Waals surface area contributed by atoms with Crippen LogP contribution in [0.25, 0.3) is 11.3 Å². The van der Waals surface area contributed by atoms with Crippen LogP contribution in [0.4, 0.5) is 4.39 Å². The number of hydrogen-bond acceptors (Lipinski definition) is 5. The lowest BCUT2D eigenvalue weighted by Gasteiger charge is -2.12. The highest BCUT2D eigenvalue weighted by molar-refractivity contribution is 7.90. The first-order valence-corrected chi connectivity index (χ1v) is 7.61. The molecule has 0 aliphatic carbocycles. The maximum Gasteiger partial charge on any atom is 0.358 e. The van der Waals surface area contributed by atoms with E-state index < -0.39 is 23.0 Å². The van der Waals surface area contributed by atoms with Gasteiger partial charge in [-0.05, 0) is 23.3 Å². The third-order valence-electron chi connectivity index (χ3n) is 2.65. The van der Waals surface area contributed by atoms with Crippen LogP contribution in [0.2, 0.25) is 5.02 Å². The van der Waals surface area contributed by atoms with E-state index in [0.717, 1.165) is 0 Å². The van der Waals surface area contributed by atoms with Crippen LogP contribution in [-0.2, 0) is 15.9 Å². The fourth-order valence-corrected chi connectivity index (χ4v) is 2.60. The predicted molar refractivity (Wildman–Crippen MR) is 76.1 cm³/mol. The maximum absolute atomic E-state index is 14.3. The molecule has 1 atom stereocenters. The highest BCUT2D eigenvalue weighted by Crippen LogP contribution is 2.32. The molecule has 1 aromatic heterocycles. The summed E-state index contributed by atoms with van der Waals surface area (Å²) in [7, 11) is 1.20. The average Bonchev–Trinajstić information content (AvgIpc) is 2.48. The molecule has 1 aromatic carbocycles. The van der Waals surface area contributed by atoms with E-state index in [4.69, 9.17) is 11.6 Å². The molecule has 5 nitrogen and oxygen atoms in total. The van der Waals surface area contributed by atoms with Crippen molar-refractivity contribution in [3.8, 4) is 11.3 Å². The molecule has 0 saturated heterocycles. The molecule has 0 N–H and O–H groups in total. The molecular weight excluding hydrogens is 319 g/mol. The van der Waals surface area contributed by atoms with Crippen molar-refractivity contribution in [2.75, 3.05) is 13.4 Å². The van der Waals surface area contributed by atoms with Gasteiger partial charge in [-0.2, -0.15) is 0 Å². The van der Waals surface area contributed by atoms with Gasteiger partial charge in [0, 0.05) is 0 Å². The van der Waals surface area contributed by atoms with Gasteiger partial charge >= 0.3 is 5.97 Å². The Balaban J connectivity index is 2.66. The Bertz CT molecular complexity index is 697. The second kappa shape index (κ2) is 6.38. The first-order valence-electron chi connectivity index (χ1n) is 5.68. The lowest BCUT2D eigenvalue weighted by molar-refractivity contribution is 0.0593. The second-order valence-electron chi connectivity index (χ2n) is 3.97. The SMILES string of the molecule is COC(=O)c1cncc(-c2c([S+](C)[O-])ccc(Cl)c2F)n1. The van der Waals surface area contributed by atoms with Crippen LogP contribution in [0.1, 0.15) is 10.5 Å². The molecular formula is C13H10ClFN2O3S. The number of carbonyl (C=O) groups is 1. The zero-order valence-electron chi connectivity index (χ0n) is 11.1. The standard InChI is InChI=1S/C13H10ClFN2O3S/c1-20-13(18)9-6-16-5-8(17-9)11-10(21(2)19)4-3-7(14)12(11)15/h3-6H,1-2H3. The lowest BCUT2D eigenvalue weighted by Crippen LogP contribution is -2.08. The van der Waals surface area contributed by atoms with Crippen LogP contribution in [0.15, 0.2) is 29.4 Å². The van der Waals surface area contributed by atoms with E-state index in [1.54, 1.807) is 0 Å². The van der Waals surface area contributed by atoms with Gasteiger partial charge in [0.25, 0.3) is 0 Å². The van der Waals surface area contributed by atoms with E-state index in [0.29, 0.717) is 0 Å². The number of benzene rings is 1. The first-order chi connectivity index (χ1) is 9.95. The van der Waals surface area contributed by atoms with Crippen molar-refractivity contribution in [1.29, 1.82) is 0 Å². The van der Waals surface area contributed by atoms with Gasteiger partial charge in [-0.3, -0.25) is 4.98 Å². The number of methoxy groups -OCH3 is 1. The number of carbonyl (C=O) groups excluding carboxylic acids is 1. The predicted octanol–water partition coefficient (Wildman–Crippen LogP) is 2.46. The van der Waals surface area contributed by atoms with E-state index in [-0.39, 0.29) is 26.9 Å². The van der Waals surface area contributed by atoms with Gasteiger partial charge in [-0.15, -0.1) is 0 Å². The minimum Gasteiger partial charge on any atom is -0.612 e. The summed E-state index contributed by atoms with van der Waals surface area (Å²) in [5.41, 5.74) is -0.0631. The van der Waals surface area contributed by atoms with Crippen LogP contribution in [0.5, 0.6) is 0 Å². The summed E-state index contributed by atoms with van der Waals surface area (Å²) >= 11 is 4.29. The summed E-state index contributed by atoms with van der Waals surface area (Å²) in [5, 5.41) is -0.135. The van der Waals surface area contributed by atoms with E-state index in [1.807, 2.05) is 0 Å². The smallest absolute Gasteiger partial charge is 0.358 e. The molecule has 0 spiro atoms. The lowest BCUT2D eigenvalue weighted by atomic mass is 10.1. The summed E-state index contributed by atoms with van der Waals surface area (Å²) in [4.78, 5) is 19.5. The van der Waals surface area contributed by atoms with Crippen molar-refractivity contribution in [3.05, 3.63) is 41.1 Å². The minimum atomic E-state index is -1.46. The number of halogens is 2. The molecule has 0 aliphatic rings. The van der Waals surface area contributed by atoms with E-state index in [1.165, 1.54) is 37.9 Å².